The first-order valence-electron chi connectivity index (χ1n) is 9.67. The Morgan fingerprint density at radius 1 is 1.28 bits per heavy atom. The van der Waals surface area contributed by atoms with Crippen LogP contribution < -0.4 is 0 Å². The van der Waals surface area contributed by atoms with E-state index in [9.17, 15) is 8.42 Å². The Morgan fingerprint density at radius 3 is 2.66 bits per heavy atom. The minimum Gasteiger partial charge on any atom is -0.379 e. The summed E-state index contributed by atoms with van der Waals surface area (Å²) < 4.78 is 34.9. The third kappa shape index (κ3) is 5.28. The van der Waals surface area contributed by atoms with Gasteiger partial charge in [0.05, 0.1) is 18.1 Å². The van der Waals surface area contributed by atoms with Gasteiger partial charge in [0.2, 0.25) is 10.0 Å². The van der Waals surface area contributed by atoms with Gasteiger partial charge >= 0.3 is 0 Å². The molecule has 0 spiro atoms. The van der Waals surface area contributed by atoms with Crippen molar-refractivity contribution < 1.29 is 13.2 Å². The van der Waals surface area contributed by atoms with E-state index in [4.69, 9.17) is 4.74 Å². The van der Waals surface area contributed by atoms with E-state index in [0.29, 0.717) is 38.0 Å². The molecule has 0 bridgehead atoms. The van der Waals surface area contributed by atoms with Gasteiger partial charge in [0.25, 0.3) is 0 Å². The predicted octanol–water partition coefficient (Wildman–Crippen LogP) is 3.29. The van der Waals surface area contributed by atoms with E-state index in [2.05, 4.69) is 35.2 Å². The fourth-order valence-corrected chi connectivity index (χ4v) is 5.30. The molecule has 29 heavy (non-hydrogen) atoms. The highest BCUT2D eigenvalue weighted by Crippen LogP contribution is 2.28. The lowest BCUT2D eigenvalue weighted by Crippen LogP contribution is -2.40. The molecule has 1 aromatic carbocycles. The summed E-state index contributed by atoms with van der Waals surface area (Å²) in [4.78, 5) is 0.270. The van der Waals surface area contributed by atoms with Crippen LogP contribution in [0.2, 0.25) is 0 Å². The lowest BCUT2D eigenvalue weighted by molar-refractivity contribution is 0.0730. The number of aromatic nitrogens is 3. The Balaban J connectivity index is 1.96. The van der Waals surface area contributed by atoms with E-state index in [1.54, 1.807) is 30.0 Å². The summed E-state index contributed by atoms with van der Waals surface area (Å²) in [6.07, 6.45) is 0. The number of rotatable bonds is 8. The van der Waals surface area contributed by atoms with Crippen LogP contribution in [0.15, 0.2) is 46.5 Å². The average molecular weight is 437 g/mol. The Morgan fingerprint density at radius 2 is 2.00 bits per heavy atom. The molecule has 0 aliphatic carbocycles. The molecule has 0 unspecified atom stereocenters. The normalized spacial score (nSPS) is 15.7. The van der Waals surface area contributed by atoms with Crippen molar-refractivity contribution >= 4 is 21.8 Å². The summed E-state index contributed by atoms with van der Waals surface area (Å²) in [5.41, 5.74) is 1.81. The van der Waals surface area contributed by atoms with Crippen LogP contribution in [-0.2, 0) is 21.3 Å². The second-order valence-electron chi connectivity index (χ2n) is 7.60. The van der Waals surface area contributed by atoms with Gasteiger partial charge in [-0.3, -0.25) is 0 Å². The zero-order valence-corrected chi connectivity index (χ0v) is 18.8. The molecule has 1 saturated heterocycles. The number of nitrogens with zero attached hydrogens (tertiary/aromatic N) is 4. The molecule has 0 radical (unpaired) electrons. The predicted molar refractivity (Wildman–Crippen MR) is 115 cm³/mol. The van der Waals surface area contributed by atoms with Gasteiger partial charge in [-0.1, -0.05) is 49.9 Å². The maximum Gasteiger partial charge on any atom is 0.243 e. The first-order valence-corrected chi connectivity index (χ1v) is 12.1. The highest BCUT2D eigenvalue weighted by molar-refractivity contribution is 7.99. The fraction of sp³-hybridized carbons (Fsp3) is 0.500. The minimum absolute atomic E-state index is 0.270. The monoisotopic (exact) mass is 436 g/mol. The first kappa shape index (κ1) is 22.0. The molecule has 1 fully saturated rings. The summed E-state index contributed by atoms with van der Waals surface area (Å²) in [7, 11) is -3.56. The molecule has 3 rings (SSSR count). The van der Waals surface area contributed by atoms with Gasteiger partial charge < -0.3 is 9.30 Å². The van der Waals surface area contributed by atoms with Crippen LogP contribution in [-0.4, -0.2) is 59.5 Å². The van der Waals surface area contributed by atoms with E-state index in [1.807, 2.05) is 13.0 Å². The molecular weight excluding hydrogens is 408 g/mol. The maximum absolute atomic E-state index is 13.0. The zero-order chi connectivity index (χ0) is 21.0. The van der Waals surface area contributed by atoms with Crippen molar-refractivity contribution in [1.82, 2.24) is 19.1 Å². The molecule has 2 heterocycles. The van der Waals surface area contributed by atoms with Crippen molar-refractivity contribution in [2.24, 2.45) is 5.92 Å². The van der Waals surface area contributed by atoms with Crippen LogP contribution in [0.5, 0.6) is 0 Å². The lowest BCUT2D eigenvalue weighted by Gasteiger charge is -2.26. The summed E-state index contributed by atoms with van der Waals surface area (Å²) in [5.74, 6) is 1.85. The summed E-state index contributed by atoms with van der Waals surface area (Å²) in [5, 5.41) is 9.56. The SMILES string of the molecule is C=C(C)CSc1nnc(-c2cccc(S(=O)(=O)N3CCOCC3)c2)n1CC(C)C. The van der Waals surface area contributed by atoms with Crippen LogP contribution >= 0.6 is 11.8 Å². The first-order chi connectivity index (χ1) is 13.8. The molecule has 0 amide bonds. The van der Waals surface area contributed by atoms with E-state index in [1.165, 1.54) is 4.31 Å². The molecule has 0 N–H and O–H groups in total. The number of sulfonamides is 1. The molecule has 7 nitrogen and oxygen atoms in total. The summed E-state index contributed by atoms with van der Waals surface area (Å²) in [6.45, 7) is 12.5. The van der Waals surface area contributed by atoms with E-state index in [0.717, 1.165) is 28.6 Å². The van der Waals surface area contributed by atoms with Crippen LogP contribution in [0.4, 0.5) is 0 Å². The van der Waals surface area contributed by atoms with Crippen molar-refractivity contribution in [2.45, 2.75) is 37.4 Å². The third-order valence-electron chi connectivity index (χ3n) is 4.41. The van der Waals surface area contributed by atoms with Crippen molar-refractivity contribution in [3.05, 3.63) is 36.4 Å². The smallest absolute Gasteiger partial charge is 0.243 e. The number of morpholine rings is 1. The highest BCUT2D eigenvalue weighted by Gasteiger charge is 2.27. The standard InChI is InChI=1S/C20H28N4O3S2/c1-15(2)13-24-19(21-22-20(24)28-14-16(3)4)17-6-5-7-18(12-17)29(25,26)23-8-10-27-11-9-23/h5-7,12,15H,3,8-11,13-14H2,1-2,4H3. The van der Waals surface area contributed by atoms with Gasteiger partial charge in [0.1, 0.15) is 0 Å². The van der Waals surface area contributed by atoms with Crippen molar-refractivity contribution in [3.8, 4) is 11.4 Å². The number of benzene rings is 1. The largest absolute Gasteiger partial charge is 0.379 e. The molecular formula is C20H28N4O3S2. The fourth-order valence-electron chi connectivity index (χ4n) is 3.06. The molecule has 2 aromatic rings. The van der Waals surface area contributed by atoms with Crippen LogP contribution in [0.3, 0.4) is 0 Å². The van der Waals surface area contributed by atoms with Crippen LogP contribution in [0, 0.1) is 5.92 Å². The molecule has 0 saturated carbocycles. The van der Waals surface area contributed by atoms with Crippen molar-refractivity contribution in [2.75, 3.05) is 32.1 Å². The Hall–Kier alpha value is -1.68. The highest BCUT2D eigenvalue weighted by atomic mass is 32.2. The molecule has 9 heteroatoms. The second kappa shape index (κ2) is 9.42. The Bertz CT molecular complexity index is 964. The van der Waals surface area contributed by atoms with Gasteiger partial charge in [-0.25, -0.2) is 8.42 Å². The number of ether oxygens (including phenoxy) is 1. The second-order valence-corrected chi connectivity index (χ2v) is 10.5. The number of hydrogen-bond donors (Lipinski definition) is 0. The van der Waals surface area contributed by atoms with Crippen LogP contribution in [0.25, 0.3) is 11.4 Å². The van der Waals surface area contributed by atoms with E-state index < -0.39 is 10.0 Å². The molecule has 1 aliphatic rings. The number of thioether (sulfide) groups is 1. The van der Waals surface area contributed by atoms with Crippen molar-refractivity contribution in [1.29, 1.82) is 0 Å². The van der Waals surface area contributed by atoms with Gasteiger partial charge in [0, 0.05) is 31.0 Å². The van der Waals surface area contributed by atoms with Gasteiger partial charge in [-0.15, -0.1) is 10.2 Å². The Kier molecular flexibility index (Phi) is 7.15. The number of hydrogen-bond acceptors (Lipinski definition) is 6. The molecule has 0 atom stereocenters. The Labute approximate surface area is 177 Å². The molecule has 1 aliphatic heterocycles. The van der Waals surface area contributed by atoms with E-state index in [-0.39, 0.29) is 4.90 Å². The topological polar surface area (TPSA) is 77.3 Å². The average Bonchev–Trinajstić information content (AvgIpc) is 3.09. The third-order valence-corrected chi connectivity index (χ3v) is 7.50. The van der Waals surface area contributed by atoms with Gasteiger partial charge in [-0.05, 0) is 25.0 Å². The quantitative estimate of drug-likeness (QED) is 0.467. The molecule has 1 aromatic heterocycles. The van der Waals surface area contributed by atoms with Gasteiger partial charge in [-0.2, -0.15) is 4.31 Å². The van der Waals surface area contributed by atoms with Crippen LogP contribution in [0.1, 0.15) is 20.8 Å². The zero-order valence-electron chi connectivity index (χ0n) is 17.2. The maximum atomic E-state index is 13.0. The summed E-state index contributed by atoms with van der Waals surface area (Å²) in [6, 6.07) is 6.97. The van der Waals surface area contributed by atoms with E-state index >= 15 is 0 Å². The van der Waals surface area contributed by atoms with Gasteiger partial charge in [0.15, 0.2) is 11.0 Å². The lowest BCUT2D eigenvalue weighted by atomic mass is 10.2. The molecule has 158 valence electrons. The summed E-state index contributed by atoms with van der Waals surface area (Å²) >= 11 is 1.59. The van der Waals surface area contributed by atoms with Crippen molar-refractivity contribution in [3.63, 3.8) is 0 Å². The minimum atomic E-state index is -3.56.